The SMILES string of the molecule is COC(=O)c1cc(C2CC2)nc2c1c(=O)n(Cc1ccc(F)cc1)c(=O)n2-c1ccccc1OC. The van der Waals surface area contributed by atoms with Gasteiger partial charge in [-0.3, -0.25) is 9.36 Å². The summed E-state index contributed by atoms with van der Waals surface area (Å²) in [5.74, 6) is -0.599. The molecule has 1 fully saturated rings. The van der Waals surface area contributed by atoms with Crippen molar-refractivity contribution in [1.29, 1.82) is 0 Å². The van der Waals surface area contributed by atoms with Gasteiger partial charge in [-0.25, -0.2) is 23.5 Å². The van der Waals surface area contributed by atoms with Crippen LogP contribution >= 0.6 is 0 Å². The maximum absolute atomic E-state index is 13.8. The molecule has 0 spiro atoms. The van der Waals surface area contributed by atoms with E-state index in [0.29, 0.717) is 22.7 Å². The second kappa shape index (κ2) is 8.83. The van der Waals surface area contributed by atoms with E-state index in [4.69, 9.17) is 9.47 Å². The molecule has 2 aromatic heterocycles. The average molecular weight is 475 g/mol. The number of esters is 1. The van der Waals surface area contributed by atoms with E-state index in [1.54, 1.807) is 30.3 Å². The zero-order chi connectivity index (χ0) is 24.7. The molecular weight excluding hydrogens is 453 g/mol. The van der Waals surface area contributed by atoms with Crippen LogP contribution in [0.5, 0.6) is 5.75 Å². The summed E-state index contributed by atoms with van der Waals surface area (Å²) in [4.78, 5) is 45.0. The van der Waals surface area contributed by atoms with Crippen LogP contribution in [0.2, 0.25) is 0 Å². The summed E-state index contributed by atoms with van der Waals surface area (Å²) in [5, 5.41) is -0.0335. The minimum atomic E-state index is -0.699. The van der Waals surface area contributed by atoms with Crippen molar-refractivity contribution >= 4 is 17.0 Å². The maximum Gasteiger partial charge on any atom is 0.338 e. The average Bonchev–Trinajstić information content (AvgIpc) is 3.72. The molecular formula is C26H22FN3O5. The summed E-state index contributed by atoms with van der Waals surface area (Å²) in [5.41, 5.74) is 0.290. The van der Waals surface area contributed by atoms with Crippen molar-refractivity contribution in [3.63, 3.8) is 0 Å². The van der Waals surface area contributed by atoms with Crippen molar-refractivity contribution in [3.8, 4) is 11.4 Å². The first-order chi connectivity index (χ1) is 16.9. The molecule has 0 bridgehead atoms. The number of ether oxygens (including phenoxy) is 2. The summed E-state index contributed by atoms with van der Waals surface area (Å²) < 4.78 is 26.2. The van der Waals surface area contributed by atoms with E-state index >= 15 is 0 Å². The second-order valence-electron chi connectivity index (χ2n) is 8.37. The predicted molar refractivity (Wildman–Crippen MR) is 127 cm³/mol. The molecule has 0 unspecified atom stereocenters. The second-order valence-corrected chi connectivity index (χ2v) is 8.37. The molecule has 1 aliphatic carbocycles. The first-order valence-electron chi connectivity index (χ1n) is 11.1. The van der Waals surface area contributed by atoms with Crippen molar-refractivity contribution in [2.75, 3.05) is 14.2 Å². The number of nitrogens with zero attached hydrogens (tertiary/aromatic N) is 3. The van der Waals surface area contributed by atoms with Gasteiger partial charge in [-0.1, -0.05) is 24.3 Å². The highest BCUT2D eigenvalue weighted by atomic mass is 19.1. The van der Waals surface area contributed by atoms with Crippen molar-refractivity contribution in [3.05, 3.63) is 98.1 Å². The van der Waals surface area contributed by atoms with Crippen molar-refractivity contribution in [1.82, 2.24) is 14.1 Å². The molecule has 0 atom stereocenters. The summed E-state index contributed by atoms with van der Waals surface area (Å²) in [6, 6.07) is 13.9. The van der Waals surface area contributed by atoms with E-state index in [2.05, 4.69) is 4.98 Å². The van der Waals surface area contributed by atoms with Crippen molar-refractivity contribution in [2.24, 2.45) is 0 Å². The number of hydrogen-bond acceptors (Lipinski definition) is 6. The molecule has 1 aliphatic rings. The molecule has 8 nitrogen and oxygen atoms in total. The zero-order valence-electron chi connectivity index (χ0n) is 19.2. The van der Waals surface area contributed by atoms with Crippen LogP contribution in [0.25, 0.3) is 16.7 Å². The van der Waals surface area contributed by atoms with Crippen LogP contribution in [-0.2, 0) is 11.3 Å². The monoisotopic (exact) mass is 475 g/mol. The summed E-state index contributed by atoms with van der Waals surface area (Å²) in [6.45, 7) is -0.131. The molecule has 9 heteroatoms. The lowest BCUT2D eigenvalue weighted by Crippen LogP contribution is -2.41. The highest BCUT2D eigenvalue weighted by Gasteiger charge is 2.30. The van der Waals surface area contributed by atoms with Crippen LogP contribution in [-0.4, -0.2) is 34.3 Å². The topological polar surface area (TPSA) is 92.4 Å². The van der Waals surface area contributed by atoms with Gasteiger partial charge in [-0.05, 0) is 48.7 Å². The smallest absolute Gasteiger partial charge is 0.338 e. The lowest BCUT2D eigenvalue weighted by Gasteiger charge is -2.18. The van der Waals surface area contributed by atoms with E-state index in [9.17, 15) is 18.8 Å². The van der Waals surface area contributed by atoms with Crippen LogP contribution in [0.15, 0.2) is 64.2 Å². The maximum atomic E-state index is 13.8. The van der Waals surface area contributed by atoms with Gasteiger partial charge in [-0.2, -0.15) is 0 Å². The molecule has 178 valence electrons. The Morgan fingerprint density at radius 1 is 1.09 bits per heavy atom. The minimum Gasteiger partial charge on any atom is -0.495 e. The summed E-state index contributed by atoms with van der Waals surface area (Å²) in [7, 11) is 2.71. The highest BCUT2D eigenvalue weighted by Crippen LogP contribution is 2.40. The highest BCUT2D eigenvalue weighted by molar-refractivity contribution is 6.02. The fraction of sp³-hybridized carbons (Fsp3) is 0.231. The zero-order valence-corrected chi connectivity index (χ0v) is 19.2. The summed E-state index contributed by atoms with van der Waals surface area (Å²) in [6.07, 6.45) is 1.80. The predicted octanol–water partition coefficient (Wildman–Crippen LogP) is 3.41. The molecule has 0 amide bonds. The Kier molecular flexibility index (Phi) is 5.68. The van der Waals surface area contributed by atoms with Gasteiger partial charge in [0.1, 0.15) is 11.6 Å². The molecule has 5 rings (SSSR count). The number of carbonyl (C=O) groups is 1. The van der Waals surface area contributed by atoms with Gasteiger partial charge in [0.25, 0.3) is 5.56 Å². The molecule has 2 aromatic carbocycles. The Hall–Kier alpha value is -4.27. The van der Waals surface area contributed by atoms with Gasteiger partial charge in [-0.15, -0.1) is 0 Å². The number of methoxy groups -OCH3 is 2. The lowest BCUT2D eigenvalue weighted by atomic mass is 10.1. The van der Waals surface area contributed by atoms with Crippen LogP contribution in [0.1, 0.15) is 40.4 Å². The van der Waals surface area contributed by atoms with Gasteiger partial charge in [0.05, 0.1) is 37.4 Å². The van der Waals surface area contributed by atoms with Gasteiger partial charge < -0.3 is 9.47 Å². The molecule has 0 aliphatic heterocycles. The number of fused-ring (bicyclic) bond motifs is 1. The fourth-order valence-electron chi connectivity index (χ4n) is 4.16. The Balaban J connectivity index is 1.90. The van der Waals surface area contributed by atoms with E-state index in [1.807, 2.05) is 0 Å². The van der Waals surface area contributed by atoms with Gasteiger partial charge in [0, 0.05) is 11.6 Å². The molecule has 0 N–H and O–H groups in total. The van der Waals surface area contributed by atoms with E-state index in [1.165, 1.54) is 43.1 Å². The van der Waals surface area contributed by atoms with Crippen LogP contribution in [0.3, 0.4) is 0 Å². The third kappa shape index (κ3) is 3.99. The Bertz CT molecular complexity index is 1570. The number of benzene rings is 2. The first-order valence-corrected chi connectivity index (χ1v) is 11.1. The van der Waals surface area contributed by atoms with Crippen LogP contribution < -0.4 is 16.0 Å². The van der Waals surface area contributed by atoms with Gasteiger partial charge in [0.2, 0.25) is 0 Å². The number of pyridine rings is 1. The molecule has 0 radical (unpaired) electrons. The number of hydrogen-bond donors (Lipinski definition) is 0. The largest absolute Gasteiger partial charge is 0.495 e. The summed E-state index contributed by atoms with van der Waals surface area (Å²) >= 11 is 0. The Labute approximate surface area is 199 Å². The lowest BCUT2D eigenvalue weighted by molar-refractivity contribution is 0.0602. The molecule has 2 heterocycles. The molecule has 1 saturated carbocycles. The number of aromatic nitrogens is 3. The van der Waals surface area contributed by atoms with E-state index < -0.39 is 23.0 Å². The molecule has 35 heavy (non-hydrogen) atoms. The van der Waals surface area contributed by atoms with Crippen LogP contribution in [0.4, 0.5) is 4.39 Å². The third-order valence-corrected chi connectivity index (χ3v) is 6.09. The number of para-hydroxylation sites is 2. The molecule has 0 saturated heterocycles. The standard InChI is InChI=1S/C26H22FN3O5/c1-34-21-6-4-3-5-20(21)30-23-22(18(25(32)35-2)13-19(28-23)16-9-10-16)24(31)29(26(30)33)14-15-7-11-17(27)12-8-15/h3-8,11-13,16H,9-10,14H2,1-2H3. The van der Waals surface area contributed by atoms with Gasteiger partial charge in [0.15, 0.2) is 5.65 Å². The number of halogens is 1. The quantitative estimate of drug-likeness (QED) is 0.397. The van der Waals surface area contributed by atoms with Crippen LogP contribution in [0, 0.1) is 5.82 Å². The number of rotatable bonds is 6. The Morgan fingerprint density at radius 3 is 2.46 bits per heavy atom. The third-order valence-electron chi connectivity index (χ3n) is 6.09. The normalized spacial score (nSPS) is 13.1. The first kappa shape index (κ1) is 22.5. The Morgan fingerprint density at radius 2 is 1.80 bits per heavy atom. The molecule has 4 aromatic rings. The van der Waals surface area contributed by atoms with E-state index in [-0.39, 0.29) is 29.1 Å². The van der Waals surface area contributed by atoms with Crippen molar-refractivity contribution in [2.45, 2.75) is 25.3 Å². The minimum absolute atomic E-state index is 0.0335. The van der Waals surface area contributed by atoms with Gasteiger partial charge >= 0.3 is 11.7 Å². The fourth-order valence-corrected chi connectivity index (χ4v) is 4.16. The van der Waals surface area contributed by atoms with Crippen molar-refractivity contribution < 1.29 is 18.7 Å². The number of carbonyl (C=O) groups excluding carboxylic acids is 1. The van der Waals surface area contributed by atoms with E-state index in [0.717, 1.165) is 17.4 Å².